The second kappa shape index (κ2) is 8.67. The van der Waals surface area contributed by atoms with E-state index in [0.717, 1.165) is 11.4 Å². The molecular weight excluding hydrogens is 340 g/mol. The molecule has 136 valence electrons. The van der Waals surface area contributed by atoms with Gasteiger partial charge in [0.15, 0.2) is 0 Å². The minimum Gasteiger partial charge on any atom is -0.457 e. The molecule has 0 aliphatic heterocycles. The Morgan fingerprint density at radius 1 is 0.815 bits per heavy atom. The van der Waals surface area contributed by atoms with E-state index < -0.39 is 0 Å². The molecule has 5 heteroatoms. The van der Waals surface area contributed by atoms with Crippen molar-refractivity contribution in [2.45, 2.75) is 6.42 Å². The number of anilines is 2. The number of ether oxygens (including phenoxy) is 1. The van der Waals surface area contributed by atoms with Gasteiger partial charge in [0.2, 0.25) is 11.8 Å². The van der Waals surface area contributed by atoms with E-state index >= 15 is 0 Å². The highest BCUT2D eigenvalue weighted by atomic mass is 16.5. The molecule has 0 saturated carbocycles. The summed E-state index contributed by atoms with van der Waals surface area (Å²) in [6.45, 7) is 0. The van der Waals surface area contributed by atoms with Crippen LogP contribution in [-0.4, -0.2) is 18.9 Å². The van der Waals surface area contributed by atoms with Crippen molar-refractivity contribution in [3.8, 4) is 11.5 Å². The normalized spacial score (nSPS) is 10.1. The molecule has 3 aromatic carbocycles. The summed E-state index contributed by atoms with van der Waals surface area (Å²) in [5.41, 5.74) is 1.35. The molecule has 0 saturated heterocycles. The van der Waals surface area contributed by atoms with Crippen LogP contribution in [0.2, 0.25) is 0 Å². The summed E-state index contributed by atoms with van der Waals surface area (Å²) in [6, 6.07) is 25.7. The Labute approximate surface area is 158 Å². The van der Waals surface area contributed by atoms with Crippen LogP contribution >= 0.6 is 0 Å². The number of hydrogen-bond acceptors (Lipinski definition) is 3. The number of nitrogens with one attached hydrogen (secondary N) is 1. The van der Waals surface area contributed by atoms with Crippen molar-refractivity contribution >= 4 is 23.2 Å². The zero-order chi connectivity index (χ0) is 19.1. The molecule has 0 unspecified atom stereocenters. The van der Waals surface area contributed by atoms with Crippen LogP contribution in [0.5, 0.6) is 11.5 Å². The van der Waals surface area contributed by atoms with Crippen LogP contribution in [0.15, 0.2) is 84.9 Å². The molecule has 0 radical (unpaired) electrons. The molecule has 0 aliphatic rings. The van der Waals surface area contributed by atoms with Gasteiger partial charge in [-0.05, 0) is 48.5 Å². The van der Waals surface area contributed by atoms with Crippen LogP contribution in [0.4, 0.5) is 11.4 Å². The largest absolute Gasteiger partial charge is 0.457 e. The maximum atomic E-state index is 12.2. The van der Waals surface area contributed by atoms with E-state index in [1.165, 1.54) is 4.90 Å². The Bertz CT molecular complexity index is 894. The van der Waals surface area contributed by atoms with E-state index in [0.29, 0.717) is 11.4 Å². The summed E-state index contributed by atoms with van der Waals surface area (Å²) in [6.07, 6.45) is -0.229. The second-order valence-electron chi connectivity index (χ2n) is 5.95. The summed E-state index contributed by atoms with van der Waals surface area (Å²) in [5, 5.41) is 2.73. The summed E-state index contributed by atoms with van der Waals surface area (Å²) >= 11 is 0. The zero-order valence-electron chi connectivity index (χ0n) is 15.0. The first-order valence-corrected chi connectivity index (χ1v) is 8.56. The number of carbonyl (C=O) groups excluding carboxylic acids is 2. The van der Waals surface area contributed by atoms with Gasteiger partial charge in [-0.2, -0.15) is 0 Å². The van der Waals surface area contributed by atoms with E-state index in [1.54, 1.807) is 31.3 Å². The monoisotopic (exact) mass is 360 g/mol. The highest BCUT2D eigenvalue weighted by molar-refractivity contribution is 6.08. The number of hydrogen-bond donors (Lipinski definition) is 1. The number of amides is 2. The van der Waals surface area contributed by atoms with Crippen molar-refractivity contribution in [1.29, 1.82) is 0 Å². The SMILES string of the molecule is CN(C(=O)CC(=O)Nc1ccc(Oc2ccccc2)cc1)c1ccccc1. The smallest absolute Gasteiger partial charge is 0.236 e. The lowest BCUT2D eigenvalue weighted by molar-refractivity contribution is -0.125. The zero-order valence-corrected chi connectivity index (χ0v) is 15.0. The fraction of sp³-hybridized carbons (Fsp3) is 0.0909. The molecular formula is C22H20N2O3. The maximum Gasteiger partial charge on any atom is 0.236 e. The Hall–Kier alpha value is -3.60. The van der Waals surface area contributed by atoms with Gasteiger partial charge in [0.05, 0.1) is 0 Å². The molecule has 0 bridgehead atoms. The molecule has 0 atom stereocenters. The van der Waals surface area contributed by atoms with Crippen molar-refractivity contribution < 1.29 is 14.3 Å². The predicted octanol–water partition coefficient (Wildman–Crippen LogP) is 4.47. The van der Waals surface area contributed by atoms with Crippen LogP contribution in [0.25, 0.3) is 0 Å². The molecule has 0 heterocycles. The fourth-order valence-electron chi connectivity index (χ4n) is 2.49. The van der Waals surface area contributed by atoms with Crippen LogP contribution in [-0.2, 0) is 9.59 Å². The summed E-state index contributed by atoms with van der Waals surface area (Å²) in [4.78, 5) is 25.9. The van der Waals surface area contributed by atoms with Gasteiger partial charge < -0.3 is 15.0 Å². The van der Waals surface area contributed by atoms with Gasteiger partial charge in [0.25, 0.3) is 0 Å². The highest BCUT2D eigenvalue weighted by Crippen LogP contribution is 2.22. The fourth-order valence-corrected chi connectivity index (χ4v) is 2.49. The van der Waals surface area contributed by atoms with Gasteiger partial charge in [-0.15, -0.1) is 0 Å². The Morgan fingerprint density at radius 2 is 1.37 bits per heavy atom. The predicted molar refractivity (Wildman–Crippen MR) is 106 cm³/mol. The number of benzene rings is 3. The van der Waals surface area contributed by atoms with Gasteiger partial charge in [-0.25, -0.2) is 0 Å². The van der Waals surface area contributed by atoms with E-state index in [2.05, 4.69) is 5.32 Å². The van der Waals surface area contributed by atoms with Crippen LogP contribution in [0, 0.1) is 0 Å². The third-order valence-corrected chi connectivity index (χ3v) is 3.95. The maximum absolute atomic E-state index is 12.2. The van der Waals surface area contributed by atoms with Crippen molar-refractivity contribution in [2.75, 3.05) is 17.3 Å². The molecule has 0 aromatic heterocycles. The molecule has 27 heavy (non-hydrogen) atoms. The molecule has 0 spiro atoms. The number of nitrogens with zero attached hydrogens (tertiary/aromatic N) is 1. The van der Waals surface area contributed by atoms with Gasteiger partial charge in [-0.1, -0.05) is 36.4 Å². The van der Waals surface area contributed by atoms with Gasteiger partial charge in [-0.3, -0.25) is 9.59 Å². The Balaban J connectivity index is 1.54. The van der Waals surface area contributed by atoms with Crippen LogP contribution in [0.1, 0.15) is 6.42 Å². The van der Waals surface area contributed by atoms with Gasteiger partial charge in [0, 0.05) is 18.4 Å². The minimum absolute atomic E-state index is 0.229. The van der Waals surface area contributed by atoms with Crippen molar-refractivity contribution in [2.24, 2.45) is 0 Å². The molecule has 1 N–H and O–H groups in total. The first-order chi connectivity index (χ1) is 13.1. The Kier molecular flexibility index (Phi) is 5.84. The average molecular weight is 360 g/mol. The molecule has 0 fully saturated rings. The number of rotatable bonds is 6. The summed E-state index contributed by atoms with van der Waals surface area (Å²) in [5.74, 6) is 0.769. The minimum atomic E-state index is -0.362. The summed E-state index contributed by atoms with van der Waals surface area (Å²) < 4.78 is 5.71. The molecule has 2 amide bonds. The average Bonchev–Trinajstić information content (AvgIpc) is 2.70. The first-order valence-electron chi connectivity index (χ1n) is 8.56. The molecule has 5 nitrogen and oxygen atoms in total. The topological polar surface area (TPSA) is 58.6 Å². The van der Waals surface area contributed by atoms with E-state index in [9.17, 15) is 9.59 Å². The molecule has 3 rings (SSSR count). The van der Waals surface area contributed by atoms with Crippen molar-refractivity contribution in [1.82, 2.24) is 0 Å². The lowest BCUT2D eigenvalue weighted by atomic mass is 10.2. The highest BCUT2D eigenvalue weighted by Gasteiger charge is 2.15. The molecule has 0 aliphatic carbocycles. The van der Waals surface area contributed by atoms with Gasteiger partial charge in [0.1, 0.15) is 17.9 Å². The van der Waals surface area contributed by atoms with E-state index in [-0.39, 0.29) is 18.2 Å². The summed E-state index contributed by atoms with van der Waals surface area (Å²) in [7, 11) is 1.65. The third kappa shape index (κ3) is 5.19. The number of carbonyl (C=O) groups is 2. The van der Waals surface area contributed by atoms with Crippen molar-refractivity contribution in [3.05, 3.63) is 84.9 Å². The second-order valence-corrected chi connectivity index (χ2v) is 5.95. The lowest BCUT2D eigenvalue weighted by Gasteiger charge is -2.17. The Morgan fingerprint density at radius 3 is 2.00 bits per heavy atom. The van der Waals surface area contributed by atoms with Crippen LogP contribution < -0.4 is 15.0 Å². The van der Waals surface area contributed by atoms with E-state index in [4.69, 9.17) is 4.74 Å². The molecule has 3 aromatic rings. The lowest BCUT2D eigenvalue weighted by Crippen LogP contribution is -2.30. The number of para-hydroxylation sites is 2. The van der Waals surface area contributed by atoms with E-state index in [1.807, 2.05) is 60.7 Å². The standard InChI is InChI=1S/C22H20N2O3/c1-24(18-8-4-2-5-9-18)22(26)16-21(25)23-17-12-14-20(15-13-17)27-19-10-6-3-7-11-19/h2-15H,16H2,1H3,(H,23,25). The van der Waals surface area contributed by atoms with Crippen LogP contribution in [0.3, 0.4) is 0 Å². The van der Waals surface area contributed by atoms with Gasteiger partial charge >= 0.3 is 0 Å². The van der Waals surface area contributed by atoms with Crippen molar-refractivity contribution in [3.63, 3.8) is 0 Å². The quantitative estimate of drug-likeness (QED) is 0.660. The first kappa shape index (κ1) is 18.2. The third-order valence-electron chi connectivity index (χ3n) is 3.95.